The Balaban J connectivity index is 1.79. The summed E-state index contributed by atoms with van der Waals surface area (Å²) in [6.07, 6.45) is 1.54. The van der Waals surface area contributed by atoms with Gasteiger partial charge in [-0.05, 0) is 36.6 Å². The maximum atomic E-state index is 12.0. The molecule has 1 heterocycles. The molecule has 1 aliphatic rings. The van der Waals surface area contributed by atoms with Crippen LogP contribution < -0.4 is 11.1 Å². The second kappa shape index (κ2) is 7.54. The Kier molecular flexibility index (Phi) is 5.73. The van der Waals surface area contributed by atoms with Gasteiger partial charge in [0, 0.05) is 31.2 Å². The molecular weight excluding hydrogens is 266 g/mol. The molecule has 0 spiro atoms. The molecule has 4 N–H and O–H groups in total. The standard InChI is InChI=1S/C16H25N3O2/c1-12-6-8-19(15(12)11-20)9-7-16(21)18-14-4-2-13(10-17)3-5-14/h2-5,12,15,20H,6-11,17H2,1H3,(H,18,21). The molecule has 116 valence electrons. The molecule has 0 aromatic heterocycles. The minimum atomic E-state index is 0.00624. The lowest BCUT2D eigenvalue weighted by Gasteiger charge is -2.24. The van der Waals surface area contributed by atoms with Crippen LogP contribution in [-0.4, -0.2) is 41.7 Å². The number of carbonyl (C=O) groups is 1. The third kappa shape index (κ3) is 4.27. The van der Waals surface area contributed by atoms with Crippen LogP contribution in [-0.2, 0) is 11.3 Å². The van der Waals surface area contributed by atoms with Gasteiger partial charge in [-0.1, -0.05) is 19.1 Å². The van der Waals surface area contributed by atoms with Crippen LogP contribution in [0.5, 0.6) is 0 Å². The van der Waals surface area contributed by atoms with Crippen molar-refractivity contribution in [2.45, 2.75) is 32.4 Å². The average Bonchev–Trinajstić information content (AvgIpc) is 2.86. The van der Waals surface area contributed by atoms with Crippen molar-refractivity contribution in [1.29, 1.82) is 0 Å². The van der Waals surface area contributed by atoms with Gasteiger partial charge in [0.1, 0.15) is 0 Å². The van der Waals surface area contributed by atoms with Gasteiger partial charge in [-0.15, -0.1) is 0 Å². The smallest absolute Gasteiger partial charge is 0.225 e. The Labute approximate surface area is 126 Å². The number of nitrogens with two attached hydrogens (primary N) is 1. The number of benzene rings is 1. The van der Waals surface area contributed by atoms with Crippen LogP contribution in [0.2, 0.25) is 0 Å². The number of likely N-dealkylation sites (tertiary alicyclic amines) is 1. The van der Waals surface area contributed by atoms with Crippen LogP contribution >= 0.6 is 0 Å². The third-order valence-electron chi connectivity index (χ3n) is 4.28. The predicted molar refractivity (Wildman–Crippen MR) is 83.8 cm³/mol. The lowest BCUT2D eigenvalue weighted by atomic mass is 10.0. The van der Waals surface area contributed by atoms with E-state index >= 15 is 0 Å². The molecule has 0 aliphatic carbocycles. The molecule has 1 aromatic rings. The van der Waals surface area contributed by atoms with Crippen LogP contribution in [0.25, 0.3) is 0 Å². The number of amides is 1. The molecule has 0 bridgehead atoms. The molecule has 1 saturated heterocycles. The van der Waals surface area contributed by atoms with Gasteiger partial charge in [0.05, 0.1) is 6.61 Å². The zero-order chi connectivity index (χ0) is 15.2. The van der Waals surface area contributed by atoms with E-state index in [1.54, 1.807) is 0 Å². The topological polar surface area (TPSA) is 78.6 Å². The fraction of sp³-hybridized carbons (Fsp3) is 0.562. The summed E-state index contributed by atoms with van der Waals surface area (Å²) in [5, 5.41) is 12.3. The maximum Gasteiger partial charge on any atom is 0.225 e. The molecule has 2 unspecified atom stereocenters. The van der Waals surface area contributed by atoms with E-state index in [2.05, 4.69) is 17.1 Å². The van der Waals surface area contributed by atoms with E-state index < -0.39 is 0 Å². The number of hydrogen-bond acceptors (Lipinski definition) is 4. The summed E-state index contributed by atoms with van der Waals surface area (Å²) in [5.74, 6) is 0.508. The van der Waals surface area contributed by atoms with Gasteiger partial charge in [-0.2, -0.15) is 0 Å². The Morgan fingerprint density at radius 3 is 2.76 bits per heavy atom. The highest BCUT2D eigenvalue weighted by molar-refractivity contribution is 5.90. The number of hydrogen-bond donors (Lipinski definition) is 3. The van der Waals surface area contributed by atoms with Crippen molar-refractivity contribution in [2.24, 2.45) is 11.7 Å². The molecule has 2 rings (SSSR count). The molecular formula is C16H25N3O2. The first-order valence-corrected chi connectivity index (χ1v) is 7.57. The summed E-state index contributed by atoms with van der Waals surface area (Å²) in [4.78, 5) is 14.2. The van der Waals surface area contributed by atoms with E-state index in [4.69, 9.17) is 5.73 Å². The largest absolute Gasteiger partial charge is 0.395 e. The number of rotatable bonds is 6. The van der Waals surface area contributed by atoms with Crippen molar-refractivity contribution in [3.8, 4) is 0 Å². The highest BCUT2D eigenvalue weighted by atomic mass is 16.3. The molecule has 1 aromatic carbocycles. The molecule has 1 fully saturated rings. The normalized spacial score (nSPS) is 22.4. The number of anilines is 1. The Bertz CT molecular complexity index is 461. The highest BCUT2D eigenvalue weighted by Gasteiger charge is 2.30. The number of nitrogens with zero attached hydrogens (tertiary/aromatic N) is 1. The second-order valence-electron chi connectivity index (χ2n) is 5.75. The molecule has 0 saturated carbocycles. The summed E-state index contributed by atoms with van der Waals surface area (Å²) < 4.78 is 0. The average molecular weight is 291 g/mol. The quantitative estimate of drug-likeness (QED) is 0.735. The lowest BCUT2D eigenvalue weighted by Crippen LogP contribution is -2.37. The minimum Gasteiger partial charge on any atom is -0.395 e. The van der Waals surface area contributed by atoms with Crippen molar-refractivity contribution >= 4 is 11.6 Å². The van der Waals surface area contributed by atoms with Crippen molar-refractivity contribution in [3.05, 3.63) is 29.8 Å². The van der Waals surface area contributed by atoms with Crippen molar-refractivity contribution in [2.75, 3.05) is 25.0 Å². The predicted octanol–water partition coefficient (Wildman–Crippen LogP) is 1.18. The molecule has 21 heavy (non-hydrogen) atoms. The van der Waals surface area contributed by atoms with E-state index in [1.165, 1.54) is 0 Å². The van der Waals surface area contributed by atoms with Gasteiger partial charge in [0.25, 0.3) is 0 Å². The summed E-state index contributed by atoms with van der Waals surface area (Å²) in [5.41, 5.74) is 7.39. The van der Waals surface area contributed by atoms with E-state index in [0.717, 1.165) is 24.2 Å². The van der Waals surface area contributed by atoms with E-state index in [0.29, 0.717) is 25.4 Å². The van der Waals surface area contributed by atoms with Gasteiger partial charge in [0.15, 0.2) is 0 Å². The lowest BCUT2D eigenvalue weighted by molar-refractivity contribution is -0.116. The Hall–Kier alpha value is -1.43. The van der Waals surface area contributed by atoms with Crippen LogP contribution in [0.3, 0.4) is 0 Å². The van der Waals surface area contributed by atoms with E-state index in [-0.39, 0.29) is 18.6 Å². The van der Waals surface area contributed by atoms with Gasteiger partial charge in [0.2, 0.25) is 5.91 Å². The first-order chi connectivity index (χ1) is 10.1. The van der Waals surface area contributed by atoms with Gasteiger partial charge < -0.3 is 16.2 Å². The fourth-order valence-electron chi connectivity index (χ4n) is 2.85. The number of nitrogens with one attached hydrogen (secondary N) is 1. The van der Waals surface area contributed by atoms with Crippen molar-refractivity contribution in [1.82, 2.24) is 4.90 Å². The summed E-state index contributed by atoms with van der Waals surface area (Å²) in [6.45, 7) is 4.49. The van der Waals surface area contributed by atoms with Crippen molar-refractivity contribution in [3.63, 3.8) is 0 Å². The fourth-order valence-corrected chi connectivity index (χ4v) is 2.85. The molecule has 0 radical (unpaired) electrons. The minimum absolute atomic E-state index is 0.00624. The third-order valence-corrected chi connectivity index (χ3v) is 4.28. The van der Waals surface area contributed by atoms with Gasteiger partial charge in [-0.25, -0.2) is 0 Å². The SMILES string of the molecule is CC1CCN(CCC(=O)Nc2ccc(CN)cc2)C1CO. The molecule has 2 atom stereocenters. The van der Waals surface area contributed by atoms with Crippen LogP contribution in [0.4, 0.5) is 5.69 Å². The van der Waals surface area contributed by atoms with Gasteiger partial charge in [-0.3, -0.25) is 9.69 Å². The zero-order valence-corrected chi connectivity index (χ0v) is 12.6. The Morgan fingerprint density at radius 1 is 1.43 bits per heavy atom. The number of aliphatic hydroxyl groups is 1. The Morgan fingerprint density at radius 2 is 2.14 bits per heavy atom. The van der Waals surface area contributed by atoms with Crippen LogP contribution in [0.1, 0.15) is 25.3 Å². The zero-order valence-electron chi connectivity index (χ0n) is 12.6. The monoisotopic (exact) mass is 291 g/mol. The first-order valence-electron chi connectivity index (χ1n) is 7.57. The molecule has 1 aliphatic heterocycles. The number of aliphatic hydroxyl groups excluding tert-OH is 1. The molecule has 5 heteroatoms. The van der Waals surface area contributed by atoms with Crippen LogP contribution in [0, 0.1) is 5.92 Å². The number of carbonyl (C=O) groups excluding carboxylic acids is 1. The molecule has 5 nitrogen and oxygen atoms in total. The van der Waals surface area contributed by atoms with Crippen LogP contribution in [0.15, 0.2) is 24.3 Å². The first kappa shape index (κ1) is 15.9. The maximum absolute atomic E-state index is 12.0. The highest BCUT2D eigenvalue weighted by Crippen LogP contribution is 2.23. The van der Waals surface area contributed by atoms with E-state index in [9.17, 15) is 9.90 Å². The summed E-state index contributed by atoms with van der Waals surface area (Å²) >= 11 is 0. The summed E-state index contributed by atoms with van der Waals surface area (Å²) in [7, 11) is 0. The summed E-state index contributed by atoms with van der Waals surface area (Å²) in [6, 6.07) is 7.77. The second-order valence-corrected chi connectivity index (χ2v) is 5.75. The molecule has 1 amide bonds. The van der Waals surface area contributed by atoms with E-state index in [1.807, 2.05) is 24.3 Å². The van der Waals surface area contributed by atoms with Gasteiger partial charge >= 0.3 is 0 Å². The van der Waals surface area contributed by atoms with Crippen molar-refractivity contribution < 1.29 is 9.90 Å².